The zero-order valence-electron chi connectivity index (χ0n) is 15.3. The Morgan fingerprint density at radius 2 is 1.62 bits per heavy atom. The summed E-state index contributed by atoms with van der Waals surface area (Å²) < 4.78 is 5.50. The second-order valence-electron chi connectivity index (χ2n) is 7.16. The lowest BCUT2D eigenvalue weighted by Crippen LogP contribution is -2.48. The van der Waals surface area contributed by atoms with Crippen molar-refractivity contribution in [1.82, 2.24) is 4.98 Å². The standard InChI is InChI=1S/C20H23N3O3/c1-20(2,3)26-19(25)23-13-12-22(16-9-4-5-10-17(16)23)18(24)14-15-8-6-7-11-21-15/h4-11H,12-14H2,1-3H3. The van der Waals surface area contributed by atoms with Gasteiger partial charge < -0.3 is 9.64 Å². The first-order chi connectivity index (χ1) is 12.3. The molecule has 2 aromatic rings. The van der Waals surface area contributed by atoms with Gasteiger partial charge in [0.2, 0.25) is 5.91 Å². The molecule has 0 bridgehead atoms. The third-order valence-corrected chi connectivity index (χ3v) is 3.98. The van der Waals surface area contributed by atoms with E-state index in [0.29, 0.717) is 24.5 Å². The molecule has 0 radical (unpaired) electrons. The number of hydrogen-bond donors (Lipinski definition) is 0. The Morgan fingerprint density at radius 3 is 2.23 bits per heavy atom. The normalized spacial score (nSPS) is 14.0. The van der Waals surface area contributed by atoms with Crippen molar-refractivity contribution in [3.8, 4) is 0 Å². The van der Waals surface area contributed by atoms with E-state index in [2.05, 4.69) is 4.98 Å². The van der Waals surface area contributed by atoms with E-state index in [1.807, 2.05) is 63.2 Å². The number of nitrogens with zero attached hydrogens (tertiary/aromatic N) is 3. The minimum Gasteiger partial charge on any atom is -0.443 e. The van der Waals surface area contributed by atoms with Gasteiger partial charge in [0.15, 0.2) is 0 Å². The van der Waals surface area contributed by atoms with Gasteiger partial charge in [-0.1, -0.05) is 18.2 Å². The van der Waals surface area contributed by atoms with Crippen LogP contribution in [-0.2, 0) is 16.0 Å². The summed E-state index contributed by atoms with van der Waals surface area (Å²) in [5.74, 6) is -0.0417. The molecule has 1 aliphatic heterocycles. The Morgan fingerprint density at radius 1 is 1.00 bits per heavy atom. The minimum atomic E-state index is -0.571. The highest BCUT2D eigenvalue weighted by Gasteiger charge is 2.32. The quantitative estimate of drug-likeness (QED) is 0.830. The first-order valence-electron chi connectivity index (χ1n) is 8.65. The smallest absolute Gasteiger partial charge is 0.414 e. The number of carbonyl (C=O) groups excluding carboxylic acids is 2. The van der Waals surface area contributed by atoms with Crippen LogP contribution in [-0.4, -0.2) is 35.7 Å². The summed E-state index contributed by atoms with van der Waals surface area (Å²) in [4.78, 5) is 32.8. The van der Waals surface area contributed by atoms with Crippen molar-refractivity contribution in [2.45, 2.75) is 32.8 Å². The number of para-hydroxylation sites is 2. The molecule has 1 aliphatic rings. The molecule has 0 saturated heterocycles. The summed E-state index contributed by atoms with van der Waals surface area (Å²) in [5, 5.41) is 0. The van der Waals surface area contributed by atoms with Gasteiger partial charge in [0.25, 0.3) is 0 Å². The fourth-order valence-electron chi connectivity index (χ4n) is 2.88. The molecule has 0 aliphatic carbocycles. The Hall–Kier alpha value is -2.89. The predicted octanol–water partition coefficient (Wildman–Crippen LogP) is 3.41. The lowest BCUT2D eigenvalue weighted by atomic mass is 10.1. The summed E-state index contributed by atoms with van der Waals surface area (Å²) in [6.45, 7) is 6.32. The second kappa shape index (κ2) is 7.15. The van der Waals surface area contributed by atoms with Crippen molar-refractivity contribution in [1.29, 1.82) is 0 Å². The lowest BCUT2D eigenvalue weighted by molar-refractivity contribution is -0.118. The predicted molar refractivity (Wildman–Crippen MR) is 100 cm³/mol. The number of ether oxygens (including phenoxy) is 1. The average molecular weight is 353 g/mol. The highest BCUT2D eigenvalue weighted by molar-refractivity contribution is 6.02. The summed E-state index contributed by atoms with van der Waals surface area (Å²) in [6.07, 6.45) is 1.50. The van der Waals surface area contributed by atoms with Crippen molar-refractivity contribution in [3.63, 3.8) is 0 Å². The zero-order valence-corrected chi connectivity index (χ0v) is 15.3. The van der Waals surface area contributed by atoms with Crippen LogP contribution in [0.1, 0.15) is 26.5 Å². The lowest BCUT2D eigenvalue weighted by Gasteiger charge is -2.37. The van der Waals surface area contributed by atoms with Crippen molar-refractivity contribution >= 4 is 23.4 Å². The molecule has 3 rings (SSSR count). The molecule has 0 fully saturated rings. The minimum absolute atomic E-state index is 0.0417. The van der Waals surface area contributed by atoms with Gasteiger partial charge in [-0.3, -0.25) is 14.7 Å². The molecule has 26 heavy (non-hydrogen) atoms. The molecule has 6 nitrogen and oxygen atoms in total. The molecule has 136 valence electrons. The van der Waals surface area contributed by atoms with E-state index < -0.39 is 11.7 Å². The number of carbonyl (C=O) groups is 2. The van der Waals surface area contributed by atoms with Crippen LogP contribution < -0.4 is 9.80 Å². The Bertz CT molecular complexity index is 799. The number of amides is 2. The number of rotatable bonds is 2. The molecule has 0 saturated carbocycles. The maximum Gasteiger partial charge on any atom is 0.414 e. The van der Waals surface area contributed by atoms with Crippen molar-refractivity contribution in [2.75, 3.05) is 22.9 Å². The number of benzene rings is 1. The van der Waals surface area contributed by atoms with Crippen molar-refractivity contribution < 1.29 is 14.3 Å². The first kappa shape index (κ1) is 17.9. The van der Waals surface area contributed by atoms with Crippen LogP contribution in [0.25, 0.3) is 0 Å². The van der Waals surface area contributed by atoms with Gasteiger partial charge in [0.1, 0.15) is 5.60 Å². The molecular weight excluding hydrogens is 330 g/mol. The fraction of sp³-hybridized carbons (Fsp3) is 0.350. The highest BCUT2D eigenvalue weighted by Crippen LogP contribution is 2.34. The van der Waals surface area contributed by atoms with Gasteiger partial charge in [-0.25, -0.2) is 4.79 Å². The van der Waals surface area contributed by atoms with E-state index in [0.717, 1.165) is 5.69 Å². The zero-order chi connectivity index (χ0) is 18.7. The van der Waals surface area contributed by atoms with Crippen LogP contribution in [0.5, 0.6) is 0 Å². The van der Waals surface area contributed by atoms with Gasteiger partial charge in [-0.05, 0) is 45.0 Å². The monoisotopic (exact) mass is 353 g/mol. The Balaban J connectivity index is 1.83. The van der Waals surface area contributed by atoms with Crippen LogP contribution in [0.2, 0.25) is 0 Å². The number of anilines is 2. The molecule has 0 unspecified atom stereocenters. The Labute approximate surface area is 153 Å². The van der Waals surface area contributed by atoms with Gasteiger partial charge in [0.05, 0.1) is 17.8 Å². The van der Waals surface area contributed by atoms with E-state index in [1.54, 1.807) is 16.0 Å². The molecule has 0 spiro atoms. The van der Waals surface area contributed by atoms with Crippen molar-refractivity contribution in [2.24, 2.45) is 0 Å². The number of pyridine rings is 1. The fourth-order valence-corrected chi connectivity index (χ4v) is 2.88. The molecule has 0 atom stereocenters. The summed E-state index contributed by atoms with van der Waals surface area (Å²) >= 11 is 0. The van der Waals surface area contributed by atoms with E-state index in [9.17, 15) is 9.59 Å². The van der Waals surface area contributed by atoms with Crippen LogP contribution in [0.3, 0.4) is 0 Å². The third kappa shape index (κ3) is 4.02. The van der Waals surface area contributed by atoms with Crippen LogP contribution in [0.15, 0.2) is 48.7 Å². The van der Waals surface area contributed by atoms with Gasteiger partial charge in [-0.2, -0.15) is 0 Å². The van der Waals surface area contributed by atoms with Crippen LogP contribution in [0, 0.1) is 0 Å². The maximum atomic E-state index is 12.8. The second-order valence-corrected chi connectivity index (χ2v) is 7.16. The van der Waals surface area contributed by atoms with Gasteiger partial charge in [0, 0.05) is 25.0 Å². The SMILES string of the molecule is CC(C)(C)OC(=O)N1CCN(C(=O)Cc2ccccn2)c2ccccc21. The van der Waals surface area contributed by atoms with E-state index in [4.69, 9.17) is 4.74 Å². The van der Waals surface area contributed by atoms with E-state index in [-0.39, 0.29) is 12.3 Å². The summed E-state index contributed by atoms with van der Waals surface area (Å²) in [7, 11) is 0. The van der Waals surface area contributed by atoms with Gasteiger partial charge >= 0.3 is 6.09 Å². The molecule has 2 amide bonds. The average Bonchev–Trinajstić information content (AvgIpc) is 2.60. The summed E-state index contributed by atoms with van der Waals surface area (Å²) in [6, 6.07) is 12.9. The number of aromatic nitrogens is 1. The van der Waals surface area contributed by atoms with E-state index >= 15 is 0 Å². The van der Waals surface area contributed by atoms with Gasteiger partial charge in [-0.15, -0.1) is 0 Å². The maximum absolute atomic E-state index is 12.8. The molecular formula is C20H23N3O3. The molecule has 6 heteroatoms. The summed E-state index contributed by atoms with van der Waals surface area (Å²) in [5.41, 5.74) is 1.55. The number of fused-ring (bicyclic) bond motifs is 1. The van der Waals surface area contributed by atoms with Crippen LogP contribution >= 0.6 is 0 Å². The van der Waals surface area contributed by atoms with Crippen molar-refractivity contribution in [3.05, 3.63) is 54.4 Å². The molecule has 2 heterocycles. The van der Waals surface area contributed by atoms with E-state index in [1.165, 1.54) is 0 Å². The molecule has 1 aromatic heterocycles. The molecule has 0 N–H and O–H groups in total. The largest absolute Gasteiger partial charge is 0.443 e. The first-order valence-corrected chi connectivity index (χ1v) is 8.65. The number of hydrogen-bond acceptors (Lipinski definition) is 4. The third-order valence-electron chi connectivity index (χ3n) is 3.98. The topological polar surface area (TPSA) is 62.7 Å². The van der Waals surface area contributed by atoms with Crippen LogP contribution in [0.4, 0.5) is 16.2 Å². The Kier molecular flexibility index (Phi) is 4.93. The highest BCUT2D eigenvalue weighted by atomic mass is 16.6. The molecule has 1 aromatic carbocycles.